The molecule has 3 atom stereocenters. The summed E-state index contributed by atoms with van der Waals surface area (Å²) in [6, 6.07) is 9.87. The van der Waals surface area contributed by atoms with E-state index in [9.17, 15) is 0 Å². The van der Waals surface area contributed by atoms with Crippen LogP contribution < -0.4 is 15.4 Å². The van der Waals surface area contributed by atoms with Crippen molar-refractivity contribution in [3.63, 3.8) is 0 Å². The molecule has 1 heterocycles. The molecule has 2 unspecified atom stereocenters. The number of methoxy groups -OCH3 is 1. The molecule has 1 aromatic rings. The third-order valence-corrected chi connectivity index (χ3v) is 3.93. The van der Waals surface area contributed by atoms with Gasteiger partial charge in [-0.15, -0.1) is 0 Å². The van der Waals surface area contributed by atoms with Gasteiger partial charge in [0, 0.05) is 18.1 Å². The normalized spacial score (nSPS) is 22.2. The second-order valence-electron chi connectivity index (χ2n) is 5.59. The summed E-state index contributed by atoms with van der Waals surface area (Å²) in [6.07, 6.45) is 3.84. The highest BCUT2D eigenvalue weighted by molar-refractivity contribution is 5.30. The summed E-state index contributed by atoms with van der Waals surface area (Å²) in [5.41, 5.74) is 1.28. The van der Waals surface area contributed by atoms with Crippen LogP contribution in [0.2, 0.25) is 0 Å². The van der Waals surface area contributed by atoms with Crippen molar-refractivity contribution in [1.29, 1.82) is 0 Å². The SMILES string of the molecule is COc1cccc([C@@H](C)NC(C)CC2CCCN2)c1. The van der Waals surface area contributed by atoms with Crippen LogP contribution in [0.5, 0.6) is 5.75 Å². The number of hydrogen-bond acceptors (Lipinski definition) is 3. The number of rotatable bonds is 6. The molecule has 1 fully saturated rings. The van der Waals surface area contributed by atoms with Gasteiger partial charge in [0.15, 0.2) is 0 Å². The van der Waals surface area contributed by atoms with E-state index in [0.717, 1.165) is 5.75 Å². The molecule has 19 heavy (non-hydrogen) atoms. The molecule has 0 aliphatic carbocycles. The van der Waals surface area contributed by atoms with E-state index in [1.165, 1.54) is 31.4 Å². The van der Waals surface area contributed by atoms with Gasteiger partial charge in [0.25, 0.3) is 0 Å². The van der Waals surface area contributed by atoms with Gasteiger partial charge >= 0.3 is 0 Å². The van der Waals surface area contributed by atoms with Gasteiger partial charge in [-0.05, 0) is 57.4 Å². The van der Waals surface area contributed by atoms with E-state index in [0.29, 0.717) is 18.1 Å². The zero-order valence-corrected chi connectivity index (χ0v) is 12.3. The predicted octanol–water partition coefficient (Wildman–Crippen LogP) is 2.88. The summed E-state index contributed by atoms with van der Waals surface area (Å²) < 4.78 is 5.28. The van der Waals surface area contributed by atoms with Crippen LogP contribution in [0.25, 0.3) is 0 Å². The zero-order chi connectivity index (χ0) is 13.7. The monoisotopic (exact) mass is 262 g/mol. The Morgan fingerprint density at radius 2 is 2.26 bits per heavy atom. The molecule has 0 bridgehead atoms. The lowest BCUT2D eigenvalue weighted by Gasteiger charge is -2.23. The Bertz CT molecular complexity index is 388. The molecule has 0 aromatic heterocycles. The first-order valence-electron chi connectivity index (χ1n) is 7.32. The number of nitrogens with one attached hydrogen (secondary N) is 2. The first-order valence-corrected chi connectivity index (χ1v) is 7.32. The zero-order valence-electron chi connectivity index (χ0n) is 12.3. The van der Waals surface area contributed by atoms with E-state index in [4.69, 9.17) is 4.74 Å². The molecule has 0 spiro atoms. The Morgan fingerprint density at radius 3 is 2.95 bits per heavy atom. The van der Waals surface area contributed by atoms with E-state index in [1.54, 1.807) is 7.11 Å². The van der Waals surface area contributed by atoms with Crippen molar-refractivity contribution < 1.29 is 4.74 Å². The molecule has 2 rings (SSSR count). The summed E-state index contributed by atoms with van der Waals surface area (Å²) in [4.78, 5) is 0. The molecule has 3 nitrogen and oxygen atoms in total. The fraction of sp³-hybridized carbons (Fsp3) is 0.625. The molecule has 2 N–H and O–H groups in total. The molecule has 1 saturated heterocycles. The highest BCUT2D eigenvalue weighted by atomic mass is 16.5. The summed E-state index contributed by atoms with van der Waals surface area (Å²) in [5.74, 6) is 0.927. The summed E-state index contributed by atoms with van der Waals surface area (Å²) in [5, 5.41) is 7.24. The molecule has 1 aliphatic rings. The van der Waals surface area contributed by atoms with E-state index in [-0.39, 0.29) is 0 Å². The Balaban J connectivity index is 1.86. The minimum atomic E-state index is 0.353. The molecule has 3 heteroatoms. The molecule has 1 aromatic carbocycles. The van der Waals surface area contributed by atoms with Crippen molar-refractivity contribution in [2.45, 2.75) is 51.2 Å². The summed E-state index contributed by atoms with van der Waals surface area (Å²) >= 11 is 0. The van der Waals surface area contributed by atoms with Crippen LogP contribution in [0.3, 0.4) is 0 Å². The topological polar surface area (TPSA) is 33.3 Å². The molecule has 106 valence electrons. The van der Waals surface area contributed by atoms with Crippen LogP contribution in [0.15, 0.2) is 24.3 Å². The maximum absolute atomic E-state index is 5.28. The molecule has 0 radical (unpaired) electrons. The standard InChI is InChI=1S/C16H26N2O/c1-12(10-15-7-5-9-17-15)18-13(2)14-6-4-8-16(11-14)19-3/h4,6,8,11-13,15,17-18H,5,7,9-10H2,1-3H3/t12?,13-,15?/m1/s1. The minimum absolute atomic E-state index is 0.353. The lowest BCUT2D eigenvalue weighted by Crippen LogP contribution is -2.35. The molecular weight excluding hydrogens is 236 g/mol. The van der Waals surface area contributed by atoms with Crippen LogP contribution in [0, 0.1) is 0 Å². The van der Waals surface area contributed by atoms with Crippen LogP contribution in [-0.2, 0) is 0 Å². The molecular formula is C16H26N2O. The van der Waals surface area contributed by atoms with Crippen LogP contribution in [-0.4, -0.2) is 25.7 Å². The largest absolute Gasteiger partial charge is 0.497 e. The third kappa shape index (κ3) is 4.22. The third-order valence-electron chi connectivity index (χ3n) is 3.93. The molecule has 0 amide bonds. The highest BCUT2D eigenvalue weighted by Gasteiger charge is 2.18. The Kier molecular flexibility index (Phi) is 5.23. The van der Waals surface area contributed by atoms with Crippen molar-refractivity contribution in [3.8, 4) is 5.75 Å². The molecule has 1 aliphatic heterocycles. The Hall–Kier alpha value is -1.06. The maximum Gasteiger partial charge on any atom is 0.119 e. The highest BCUT2D eigenvalue weighted by Crippen LogP contribution is 2.20. The average molecular weight is 262 g/mol. The van der Waals surface area contributed by atoms with Crippen LogP contribution in [0.4, 0.5) is 0 Å². The number of ether oxygens (including phenoxy) is 1. The van der Waals surface area contributed by atoms with Gasteiger partial charge in [-0.3, -0.25) is 0 Å². The van der Waals surface area contributed by atoms with E-state index < -0.39 is 0 Å². The van der Waals surface area contributed by atoms with Gasteiger partial charge in [-0.2, -0.15) is 0 Å². The maximum atomic E-state index is 5.28. The van der Waals surface area contributed by atoms with Crippen molar-refractivity contribution in [2.75, 3.05) is 13.7 Å². The first kappa shape index (κ1) is 14.4. The van der Waals surface area contributed by atoms with Gasteiger partial charge in [0.05, 0.1) is 7.11 Å². The van der Waals surface area contributed by atoms with E-state index in [2.05, 4.69) is 42.7 Å². The van der Waals surface area contributed by atoms with Gasteiger partial charge in [-0.1, -0.05) is 12.1 Å². The van der Waals surface area contributed by atoms with Gasteiger partial charge in [0.2, 0.25) is 0 Å². The van der Waals surface area contributed by atoms with Crippen molar-refractivity contribution in [2.24, 2.45) is 0 Å². The Morgan fingerprint density at radius 1 is 1.42 bits per heavy atom. The van der Waals surface area contributed by atoms with Crippen molar-refractivity contribution >= 4 is 0 Å². The average Bonchev–Trinajstić information content (AvgIpc) is 2.91. The quantitative estimate of drug-likeness (QED) is 0.827. The van der Waals surface area contributed by atoms with E-state index in [1.807, 2.05) is 6.07 Å². The second kappa shape index (κ2) is 6.92. The van der Waals surface area contributed by atoms with Crippen LogP contribution >= 0.6 is 0 Å². The number of hydrogen-bond donors (Lipinski definition) is 2. The van der Waals surface area contributed by atoms with Gasteiger partial charge < -0.3 is 15.4 Å². The number of benzene rings is 1. The predicted molar refractivity (Wildman–Crippen MR) is 79.6 cm³/mol. The smallest absolute Gasteiger partial charge is 0.119 e. The van der Waals surface area contributed by atoms with Crippen molar-refractivity contribution in [3.05, 3.63) is 29.8 Å². The lowest BCUT2D eigenvalue weighted by atomic mass is 10.0. The minimum Gasteiger partial charge on any atom is -0.497 e. The molecule has 0 saturated carbocycles. The van der Waals surface area contributed by atoms with Crippen LogP contribution in [0.1, 0.15) is 44.7 Å². The fourth-order valence-corrected chi connectivity index (χ4v) is 2.89. The first-order chi connectivity index (χ1) is 9.19. The lowest BCUT2D eigenvalue weighted by molar-refractivity contribution is 0.401. The fourth-order valence-electron chi connectivity index (χ4n) is 2.89. The van der Waals surface area contributed by atoms with Gasteiger partial charge in [-0.25, -0.2) is 0 Å². The van der Waals surface area contributed by atoms with Crippen molar-refractivity contribution in [1.82, 2.24) is 10.6 Å². The van der Waals surface area contributed by atoms with Gasteiger partial charge in [0.1, 0.15) is 5.75 Å². The Labute approximate surface area is 116 Å². The summed E-state index contributed by atoms with van der Waals surface area (Å²) in [7, 11) is 1.71. The second-order valence-corrected chi connectivity index (χ2v) is 5.59. The van der Waals surface area contributed by atoms with E-state index >= 15 is 0 Å². The summed E-state index contributed by atoms with van der Waals surface area (Å²) in [6.45, 7) is 5.67.